The van der Waals surface area contributed by atoms with Crippen LogP contribution in [0.3, 0.4) is 0 Å². The predicted molar refractivity (Wildman–Crippen MR) is 108 cm³/mol. The van der Waals surface area contributed by atoms with Crippen molar-refractivity contribution in [1.82, 2.24) is 5.48 Å². The number of benzene rings is 3. The van der Waals surface area contributed by atoms with Gasteiger partial charge in [-0.05, 0) is 28.5 Å². The van der Waals surface area contributed by atoms with E-state index in [1.54, 1.807) is 21.3 Å². The highest BCUT2D eigenvalue weighted by Gasteiger charge is 2.27. The zero-order valence-electron chi connectivity index (χ0n) is 16.1. The zero-order chi connectivity index (χ0) is 19.5. The third-order valence-electron chi connectivity index (χ3n) is 4.80. The Morgan fingerprint density at radius 3 is 2.46 bits per heavy atom. The SMILES string of the molecule is COc1ccc(C2N=C(Cc3cccc4ccccc34)NO2)c(OC)c1OC. The molecule has 0 aliphatic carbocycles. The van der Waals surface area contributed by atoms with Crippen LogP contribution in [-0.4, -0.2) is 27.2 Å². The van der Waals surface area contributed by atoms with Crippen LogP contribution < -0.4 is 19.7 Å². The van der Waals surface area contributed by atoms with Gasteiger partial charge in [0, 0.05) is 6.42 Å². The summed E-state index contributed by atoms with van der Waals surface area (Å²) in [7, 11) is 4.75. The molecule has 0 bridgehead atoms. The number of hydrogen-bond acceptors (Lipinski definition) is 6. The van der Waals surface area contributed by atoms with Gasteiger partial charge in [-0.1, -0.05) is 42.5 Å². The summed E-state index contributed by atoms with van der Waals surface area (Å²) in [4.78, 5) is 10.4. The molecule has 1 unspecified atom stereocenters. The summed E-state index contributed by atoms with van der Waals surface area (Å²) in [6, 6.07) is 18.3. The molecule has 0 saturated carbocycles. The first-order valence-corrected chi connectivity index (χ1v) is 8.99. The van der Waals surface area contributed by atoms with Crippen molar-refractivity contribution in [3.05, 3.63) is 65.7 Å². The van der Waals surface area contributed by atoms with Gasteiger partial charge >= 0.3 is 0 Å². The molecule has 1 N–H and O–H groups in total. The van der Waals surface area contributed by atoms with Gasteiger partial charge in [0.2, 0.25) is 12.0 Å². The Morgan fingerprint density at radius 2 is 1.68 bits per heavy atom. The van der Waals surface area contributed by atoms with E-state index in [1.807, 2.05) is 24.3 Å². The van der Waals surface area contributed by atoms with Gasteiger partial charge in [-0.3, -0.25) is 5.48 Å². The first-order valence-electron chi connectivity index (χ1n) is 8.99. The van der Waals surface area contributed by atoms with Gasteiger partial charge in [0.05, 0.1) is 26.9 Å². The number of fused-ring (bicyclic) bond motifs is 1. The molecule has 0 amide bonds. The van der Waals surface area contributed by atoms with Crippen molar-refractivity contribution in [1.29, 1.82) is 0 Å². The van der Waals surface area contributed by atoms with Gasteiger partial charge in [-0.15, -0.1) is 0 Å². The number of rotatable bonds is 6. The minimum atomic E-state index is -0.528. The number of nitrogens with one attached hydrogen (secondary N) is 1. The molecule has 28 heavy (non-hydrogen) atoms. The minimum absolute atomic E-state index is 0.517. The maximum Gasteiger partial charge on any atom is 0.206 e. The van der Waals surface area contributed by atoms with E-state index in [1.165, 1.54) is 16.3 Å². The maximum atomic E-state index is 5.72. The van der Waals surface area contributed by atoms with Crippen LogP contribution in [0, 0.1) is 0 Å². The quantitative estimate of drug-likeness (QED) is 0.701. The van der Waals surface area contributed by atoms with Crippen LogP contribution in [0.15, 0.2) is 59.6 Å². The highest BCUT2D eigenvalue weighted by atomic mass is 16.7. The Kier molecular flexibility index (Phi) is 5.04. The molecule has 1 aliphatic rings. The minimum Gasteiger partial charge on any atom is -0.493 e. The van der Waals surface area contributed by atoms with Crippen LogP contribution in [0.2, 0.25) is 0 Å². The molecule has 6 nitrogen and oxygen atoms in total. The lowest BCUT2D eigenvalue weighted by molar-refractivity contribution is 0.0354. The van der Waals surface area contributed by atoms with Crippen molar-refractivity contribution in [3.63, 3.8) is 0 Å². The van der Waals surface area contributed by atoms with Crippen LogP contribution in [0.1, 0.15) is 17.4 Å². The molecule has 3 aromatic rings. The Bertz CT molecular complexity index is 1030. The Hall–Kier alpha value is -3.25. The lowest BCUT2D eigenvalue weighted by atomic mass is 10.0. The van der Waals surface area contributed by atoms with Gasteiger partial charge in [0.15, 0.2) is 11.5 Å². The lowest BCUT2D eigenvalue weighted by Gasteiger charge is -2.17. The molecule has 6 heteroatoms. The summed E-state index contributed by atoms with van der Waals surface area (Å²) in [6.45, 7) is 0. The number of amidine groups is 1. The van der Waals surface area contributed by atoms with E-state index >= 15 is 0 Å². The molecule has 0 saturated heterocycles. The molecule has 3 aromatic carbocycles. The van der Waals surface area contributed by atoms with Crippen molar-refractivity contribution < 1.29 is 19.0 Å². The number of hydrogen-bond donors (Lipinski definition) is 1. The van der Waals surface area contributed by atoms with E-state index in [0.717, 1.165) is 11.4 Å². The third-order valence-corrected chi connectivity index (χ3v) is 4.80. The van der Waals surface area contributed by atoms with Crippen molar-refractivity contribution in [2.75, 3.05) is 21.3 Å². The van der Waals surface area contributed by atoms with Crippen LogP contribution >= 0.6 is 0 Å². The third kappa shape index (κ3) is 3.23. The van der Waals surface area contributed by atoms with Crippen molar-refractivity contribution in [2.24, 2.45) is 4.99 Å². The number of ether oxygens (including phenoxy) is 3. The van der Waals surface area contributed by atoms with Gasteiger partial charge in [0.25, 0.3) is 0 Å². The summed E-state index contributed by atoms with van der Waals surface area (Å²) in [5.41, 5.74) is 4.91. The molecule has 0 spiro atoms. The Morgan fingerprint density at radius 1 is 0.893 bits per heavy atom. The first-order chi connectivity index (χ1) is 13.7. The molecule has 0 radical (unpaired) electrons. The standard InChI is InChI=1S/C22H22N2O4/c1-25-18-12-11-17(20(26-2)21(18)27-3)22-23-19(24-28-22)13-15-9-6-8-14-7-4-5-10-16(14)15/h4-12,22H,13H2,1-3H3,(H,23,24). The monoisotopic (exact) mass is 378 g/mol. The van der Waals surface area contributed by atoms with Gasteiger partial charge in [-0.2, -0.15) is 0 Å². The fraction of sp³-hybridized carbons (Fsp3) is 0.227. The van der Waals surface area contributed by atoms with E-state index in [2.05, 4.69) is 35.8 Å². The van der Waals surface area contributed by atoms with Crippen LogP contribution in [0.4, 0.5) is 0 Å². The highest BCUT2D eigenvalue weighted by Crippen LogP contribution is 2.43. The van der Waals surface area contributed by atoms with Crippen LogP contribution in [0.5, 0.6) is 17.2 Å². The molecule has 0 fully saturated rings. The molecule has 1 atom stereocenters. The molecular formula is C22H22N2O4. The number of aliphatic imine (C=N–C) groups is 1. The topological polar surface area (TPSA) is 61.3 Å². The number of nitrogens with zero attached hydrogens (tertiary/aromatic N) is 1. The normalized spacial score (nSPS) is 15.8. The average molecular weight is 378 g/mol. The van der Waals surface area contributed by atoms with E-state index in [-0.39, 0.29) is 0 Å². The average Bonchev–Trinajstić information content (AvgIpc) is 3.21. The van der Waals surface area contributed by atoms with Crippen molar-refractivity contribution in [2.45, 2.75) is 12.6 Å². The smallest absolute Gasteiger partial charge is 0.206 e. The van der Waals surface area contributed by atoms with Gasteiger partial charge in [0.1, 0.15) is 5.84 Å². The van der Waals surface area contributed by atoms with Crippen LogP contribution in [-0.2, 0) is 11.3 Å². The Labute approximate surface area is 163 Å². The fourth-order valence-electron chi connectivity index (χ4n) is 3.48. The molecule has 144 valence electrons. The summed E-state index contributed by atoms with van der Waals surface area (Å²) >= 11 is 0. The first kappa shape index (κ1) is 18.1. The molecule has 1 heterocycles. The van der Waals surface area contributed by atoms with Crippen LogP contribution in [0.25, 0.3) is 10.8 Å². The predicted octanol–water partition coefficient (Wildman–Crippen LogP) is 4.04. The summed E-state index contributed by atoms with van der Waals surface area (Å²) in [5.74, 6) is 2.42. The molecular weight excluding hydrogens is 356 g/mol. The van der Waals surface area contributed by atoms with Crippen molar-refractivity contribution in [3.8, 4) is 17.2 Å². The molecule has 0 aromatic heterocycles. The Balaban J connectivity index is 1.64. The fourth-order valence-corrected chi connectivity index (χ4v) is 3.48. The second-order valence-corrected chi connectivity index (χ2v) is 6.39. The van der Waals surface area contributed by atoms with Gasteiger partial charge < -0.3 is 14.2 Å². The van der Waals surface area contributed by atoms with Crippen molar-refractivity contribution >= 4 is 16.6 Å². The summed E-state index contributed by atoms with van der Waals surface area (Å²) in [6.07, 6.45) is 0.118. The zero-order valence-corrected chi connectivity index (χ0v) is 16.1. The van der Waals surface area contributed by atoms with E-state index in [0.29, 0.717) is 23.7 Å². The van der Waals surface area contributed by atoms with E-state index in [9.17, 15) is 0 Å². The molecule has 1 aliphatic heterocycles. The number of methoxy groups -OCH3 is 3. The summed E-state index contributed by atoms with van der Waals surface area (Å²) < 4.78 is 16.3. The second-order valence-electron chi connectivity index (χ2n) is 6.39. The van der Waals surface area contributed by atoms with E-state index in [4.69, 9.17) is 24.0 Å². The number of hydroxylamine groups is 1. The van der Waals surface area contributed by atoms with E-state index < -0.39 is 6.23 Å². The largest absolute Gasteiger partial charge is 0.493 e. The maximum absolute atomic E-state index is 5.72. The molecule has 4 rings (SSSR count). The summed E-state index contributed by atoms with van der Waals surface area (Å²) in [5, 5.41) is 2.42. The lowest BCUT2D eigenvalue weighted by Crippen LogP contribution is -2.19. The highest BCUT2D eigenvalue weighted by molar-refractivity contribution is 5.92. The van der Waals surface area contributed by atoms with Gasteiger partial charge in [-0.25, -0.2) is 9.83 Å². The second kappa shape index (κ2) is 7.78.